The summed E-state index contributed by atoms with van der Waals surface area (Å²) in [6.07, 6.45) is -0.535. The van der Waals surface area contributed by atoms with Gasteiger partial charge in [-0.25, -0.2) is 4.98 Å². The number of halogens is 3. The van der Waals surface area contributed by atoms with Gasteiger partial charge < -0.3 is 14.1 Å². The highest BCUT2D eigenvalue weighted by Gasteiger charge is 2.39. The molecule has 1 aromatic heterocycles. The number of aromatic nitrogens is 1. The fourth-order valence-corrected chi connectivity index (χ4v) is 2.80. The number of carbonyl (C=O) groups is 1. The third-order valence-electron chi connectivity index (χ3n) is 4.14. The van der Waals surface area contributed by atoms with Gasteiger partial charge in [0.1, 0.15) is 6.61 Å². The van der Waals surface area contributed by atoms with E-state index in [9.17, 15) is 18.0 Å². The second-order valence-corrected chi connectivity index (χ2v) is 5.85. The summed E-state index contributed by atoms with van der Waals surface area (Å²) in [4.78, 5) is 17.6. The molecule has 8 heteroatoms. The van der Waals surface area contributed by atoms with E-state index in [0.29, 0.717) is 0 Å². The van der Waals surface area contributed by atoms with Gasteiger partial charge in [0.15, 0.2) is 17.9 Å². The molecule has 0 saturated heterocycles. The fourth-order valence-electron chi connectivity index (χ4n) is 2.80. The Morgan fingerprint density at radius 1 is 1.29 bits per heavy atom. The highest BCUT2D eigenvalue weighted by molar-refractivity contribution is 5.99. The molecule has 1 saturated carbocycles. The van der Waals surface area contributed by atoms with Crippen molar-refractivity contribution in [1.82, 2.24) is 4.98 Å². The maximum atomic E-state index is 13.3. The molecule has 0 radical (unpaired) electrons. The number of amides is 1. The lowest BCUT2D eigenvalue weighted by Gasteiger charge is -2.31. The van der Waals surface area contributed by atoms with Crippen molar-refractivity contribution in [3.63, 3.8) is 0 Å². The lowest BCUT2D eigenvalue weighted by molar-refractivity contribution is -0.137. The molecule has 2 heterocycles. The van der Waals surface area contributed by atoms with E-state index < -0.39 is 11.7 Å². The molecule has 4 rings (SSSR count). The number of hydrogen-bond donors (Lipinski definition) is 0. The second kappa shape index (κ2) is 5.25. The number of anilines is 1. The SMILES string of the molecule is O=C(C1CC1)N1CCOc2c(-c3cnco3)cc(C(F)(F)F)cc21. The highest BCUT2D eigenvalue weighted by atomic mass is 19.4. The number of rotatable bonds is 2. The van der Waals surface area contributed by atoms with Crippen molar-refractivity contribution >= 4 is 11.6 Å². The van der Waals surface area contributed by atoms with Gasteiger partial charge in [-0.1, -0.05) is 0 Å². The third kappa shape index (κ3) is 2.51. The molecule has 0 bridgehead atoms. The Labute approximate surface area is 135 Å². The molecule has 0 spiro atoms. The molecular formula is C16H13F3N2O3. The first-order valence-electron chi connectivity index (χ1n) is 7.53. The van der Waals surface area contributed by atoms with Crippen molar-refractivity contribution in [2.24, 2.45) is 5.92 Å². The molecule has 126 valence electrons. The second-order valence-electron chi connectivity index (χ2n) is 5.85. The Morgan fingerprint density at radius 3 is 2.71 bits per heavy atom. The molecule has 1 aliphatic heterocycles. The maximum Gasteiger partial charge on any atom is 0.416 e. The largest absolute Gasteiger partial charge is 0.489 e. The smallest absolute Gasteiger partial charge is 0.416 e. The third-order valence-corrected chi connectivity index (χ3v) is 4.14. The number of fused-ring (bicyclic) bond motifs is 1. The predicted octanol–water partition coefficient (Wildman–Crippen LogP) is 3.50. The zero-order chi connectivity index (χ0) is 16.9. The summed E-state index contributed by atoms with van der Waals surface area (Å²) < 4.78 is 50.6. The monoisotopic (exact) mass is 338 g/mol. The zero-order valence-corrected chi connectivity index (χ0v) is 12.5. The molecule has 1 fully saturated rings. The van der Waals surface area contributed by atoms with Crippen LogP contribution < -0.4 is 9.64 Å². The van der Waals surface area contributed by atoms with Gasteiger partial charge in [-0.3, -0.25) is 4.79 Å². The first-order chi connectivity index (χ1) is 11.4. The molecule has 2 aliphatic rings. The Balaban J connectivity index is 1.89. The van der Waals surface area contributed by atoms with Crippen LogP contribution in [-0.4, -0.2) is 24.0 Å². The van der Waals surface area contributed by atoms with Crippen LogP contribution in [0.2, 0.25) is 0 Å². The van der Waals surface area contributed by atoms with Crippen molar-refractivity contribution in [3.05, 3.63) is 30.3 Å². The highest BCUT2D eigenvalue weighted by Crippen LogP contribution is 2.46. The van der Waals surface area contributed by atoms with E-state index in [1.165, 1.54) is 11.1 Å². The fraction of sp³-hybridized carbons (Fsp3) is 0.375. The van der Waals surface area contributed by atoms with Gasteiger partial charge in [0.05, 0.1) is 29.6 Å². The van der Waals surface area contributed by atoms with Gasteiger partial charge in [0.2, 0.25) is 5.91 Å². The summed E-state index contributed by atoms with van der Waals surface area (Å²) in [5, 5.41) is 0. The summed E-state index contributed by atoms with van der Waals surface area (Å²) in [6, 6.07) is 1.93. The van der Waals surface area contributed by atoms with E-state index >= 15 is 0 Å². The minimum absolute atomic E-state index is 0.0979. The normalized spacial score (nSPS) is 17.4. The lowest BCUT2D eigenvalue weighted by Crippen LogP contribution is -2.39. The first-order valence-corrected chi connectivity index (χ1v) is 7.53. The molecule has 1 aliphatic carbocycles. The van der Waals surface area contributed by atoms with Gasteiger partial charge >= 0.3 is 6.18 Å². The van der Waals surface area contributed by atoms with Crippen LogP contribution in [0.4, 0.5) is 18.9 Å². The lowest BCUT2D eigenvalue weighted by atomic mass is 10.0. The number of alkyl halides is 3. The first kappa shape index (κ1) is 15.0. The zero-order valence-electron chi connectivity index (χ0n) is 12.5. The average molecular weight is 338 g/mol. The van der Waals surface area contributed by atoms with Gasteiger partial charge in [-0.15, -0.1) is 0 Å². The Morgan fingerprint density at radius 2 is 2.08 bits per heavy atom. The molecule has 5 nitrogen and oxygen atoms in total. The van der Waals surface area contributed by atoms with E-state index in [4.69, 9.17) is 9.15 Å². The quantitative estimate of drug-likeness (QED) is 0.841. The molecule has 0 atom stereocenters. The standard InChI is InChI=1S/C16H13F3N2O3/c17-16(18,19)10-5-11(13-7-20-8-24-13)14-12(6-10)21(3-4-23-14)15(22)9-1-2-9/h5-9H,1-4H2. The van der Waals surface area contributed by atoms with E-state index in [-0.39, 0.29) is 47.7 Å². The molecule has 0 unspecified atom stereocenters. The topological polar surface area (TPSA) is 55.6 Å². The molecule has 2 aromatic rings. The van der Waals surface area contributed by atoms with Crippen LogP contribution in [0.1, 0.15) is 18.4 Å². The van der Waals surface area contributed by atoms with E-state index in [1.807, 2.05) is 0 Å². The average Bonchev–Trinajstić information content (AvgIpc) is 3.26. The minimum Gasteiger partial charge on any atom is -0.489 e. The number of oxazole rings is 1. The Bertz CT molecular complexity index is 783. The van der Waals surface area contributed by atoms with Crippen molar-refractivity contribution < 1.29 is 27.1 Å². The molecular weight excluding hydrogens is 325 g/mol. The molecule has 1 aromatic carbocycles. The van der Waals surface area contributed by atoms with Crippen LogP contribution in [0.15, 0.2) is 29.1 Å². The van der Waals surface area contributed by atoms with Crippen LogP contribution in [0.5, 0.6) is 5.75 Å². The minimum atomic E-state index is -4.55. The van der Waals surface area contributed by atoms with E-state index in [0.717, 1.165) is 31.4 Å². The van der Waals surface area contributed by atoms with Crippen molar-refractivity contribution in [1.29, 1.82) is 0 Å². The summed E-state index contributed by atoms with van der Waals surface area (Å²) in [5.41, 5.74) is -0.572. The van der Waals surface area contributed by atoms with Crippen LogP contribution >= 0.6 is 0 Å². The van der Waals surface area contributed by atoms with Crippen molar-refractivity contribution in [2.45, 2.75) is 19.0 Å². The molecule has 24 heavy (non-hydrogen) atoms. The number of benzene rings is 1. The summed E-state index contributed by atoms with van der Waals surface area (Å²) in [7, 11) is 0. The van der Waals surface area contributed by atoms with Crippen LogP contribution in [0.3, 0.4) is 0 Å². The van der Waals surface area contributed by atoms with Crippen LogP contribution in [0, 0.1) is 5.92 Å². The number of carbonyl (C=O) groups excluding carboxylic acids is 1. The van der Waals surface area contributed by atoms with Gasteiger partial charge in [0.25, 0.3) is 0 Å². The number of hydrogen-bond acceptors (Lipinski definition) is 4. The van der Waals surface area contributed by atoms with Gasteiger partial charge in [-0.05, 0) is 25.0 Å². The van der Waals surface area contributed by atoms with E-state index in [2.05, 4.69) is 4.98 Å². The number of ether oxygens (including phenoxy) is 1. The van der Waals surface area contributed by atoms with E-state index in [1.54, 1.807) is 0 Å². The van der Waals surface area contributed by atoms with Crippen molar-refractivity contribution in [3.8, 4) is 17.1 Å². The summed E-state index contributed by atoms with van der Waals surface area (Å²) in [5.74, 6) is 0.139. The maximum absolute atomic E-state index is 13.3. The van der Waals surface area contributed by atoms with Gasteiger partial charge in [0, 0.05) is 5.92 Å². The summed E-state index contributed by atoms with van der Waals surface area (Å²) >= 11 is 0. The van der Waals surface area contributed by atoms with Crippen LogP contribution in [-0.2, 0) is 11.0 Å². The summed E-state index contributed by atoms with van der Waals surface area (Å²) in [6.45, 7) is 0.456. The number of nitrogens with zero attached hydrogens (tertiary/aromatic N) is 2. The van der Waals surface area contributed by atoms with Gasteiger partial charge in [-0.2, -0.15) is 13.2 Å². The predicted molar refractivity (Wildman–Crippen MR) is 77.5 cm³/mol. The Kier molecular flexibility index (Phi) is 3.29. The van der Waals surface area contributed by atoms with Crippen LogP contribution in [0.25, 0.3) is 11.3 Å². The molecule has 0 N–H and O–H groups in total. The molecule has 1 amide bonds. The van der Waals surface area contributed by atoms with Crippen molar-refractivity contribution in [2.75, 3.05) is 18.1 Å². The Hall–Kier alpha value is -2.51.